The summed E-state index contributed by atoms with van der Waals surface area (Å²) in [5.41, 5.74) is 0. The Labute approximate surface area is 116 Å². The van der Waals surface area contributed by atoms with Crippen molar-refractivity contribution in [1.29, 1.82) is 0 Å². The van der Waals surface area contributed by atoms with Crippen LogP contribution in [0.3, 0.4) is 0 Å². The number of hydrogen-bond acceptors (Lipinski definition) is 0. The van der Waals surface area contributed by atoms with Gasteiger partial charge in [0.15, 0.2) is 0 Å². The van der Waals surface area contributed by atoms with Gasteiger partial charge in [0.2, 0.25) is 0 Å². The monoisotopic (exact) mass is 248 g/mol. The van der Waals surface area contributed by atoms with E-state index in [4.69, 9.17) is 0 Å². The molecular formula is C18H32. The van der Waals surface area contributed by atoms with Gasteiger partial charge in [-0.05, 0) is 12.8 Å². The van der Waals surface area contributed by atoms with Gasteiger partial charge in [0.25, 0.3) is 0 Å². The number of hydrogen-bond donors (Lipinski definition) is 0. The SMILES string of the molecule is [CH2]CCCCC#CCCCCCCCCCC[CH2]. The van der Waals surface area contributed by atoms with Crippen LogP contribution < -0.4 is 0 Å². The summed E-state index contributed by atoms with van der Waals surface area (Å²) in [5.74, 6) is 6.55. The molecule has 2 radical (unpaired) electrons. The molecule has 18 heavy (non-hydrogen) atoms. The van der Waals surface area contributed by atoms with Crippen LogP contribution >= 0.6 is 0 Å². The first kappa shape index (κ1) is 17.6. The van der Waals surface area contributed by atoms with Crippen molar-refractivity contribution in [1.82, 2.24) is 0 Å². The minimum Gasteiger partial charge on any atom is -0.103 e. The quantitative estimate of drug-likeness (QED) is 0.288. The first-order valence-electron chi connectivity index (χ1n) is 7.96. The molecule has 0 N–H and O–H groups in total. The van der Waals surface area contributed by atoms with E-state index < -0.39 is 0 Å². The fourth-order valence-electron chi connectivity index (χ4n) is 2.02. The molecule has 0 aliphatic carbocycles. The van der Waals surface area contributed by atoms with Gasteiger partial charge in [-0.25, -0.2) is 0 Å². The molecule has 0 spiro atoms. The van der Waals surface area contributed by atoms with Crippen LogP contribution in [0.4, 0.5) is 0 Å². The molecule has 0 heterocycles. The van der Waals surface area contributed by atoms with Crippen molar-refractivity contribution < 1.29 is 0 Å². The average molecular weight is 248 g/mol. The summed E-state index contributed by atoms with van der Waals surface area (Å²) in [5, 5.41) is 0. The van der Waals surface area contributed by atoms with Gasteiger partial charge < -0.3 is 0 Å². The topological polar surface area (TPSA) is 0 Å². The minimum absolute atomic E-state index is 1.05. The summed E-state index contributed by atoms with van der Waals surface area (Å²) in [6, 6.07) is 0. The van der Waals surface area contributed by atoms with Gasteiger partial charge in [-0.3, -0.25) is 0 Å². The lowest BCUT2D eigenvalue weighted by molar-refractivity contribution is 0.572. The van der Waals surface area contributed by atoms with E-state index in [1.54, 1.807) is 0 Å². The van der Waals surface area contributed by atoms with Crippen LogP contribution in [0, 0.1) is 25.7 Å². The number of unbranched alkanes of at least 4 members (excludes halogenated alkanes) is 12. The van der Waals surface area contributed by atoms with E-state index in [1.807, 2.05) is 0 Å². The Kier molecular flexibility index (Phi) is 16.2. The molecule has 0 aromatic carbocycles. The molecule has 0 aliphatic heterocycles. The largest absolute Gasteiger partial charge is 0.103 e. The minimum atomic E-state index is 1.05. The van der Waals surface area contributed by atoms with Crippen LogP contribution in [0.5, 0.6) is 0 Å². The Morgan fingerprint density at radius 2 is 0.778 bits per heavy atom. The summed E-state index contributed by atoms with van der Waals surface area (Å²) in [6.45, 7) is 7.70. The lowest BCUT2D eigenvalue weighted by Crippen LogP contribution is -1.81. The van der Waals surface area contributed by atoms with Gasteiger partial charge >= 0.3 is 0 Å². The molecule has 0 fully saturated rings. The number of rotatable bonds is 12. The van der Waals surface area contributed by atoms with Gasteiger partial charge in [0.1, 0.15) is 0 Å². The molecular weight excluding hydrogens is 216 g/mol. The molecule has 0 atom stereocenters. The standard InChI is InChI=1S/C18H32/c1-3-5-7-9-11-13-15-17-18-16-14-12-10-8-6-4-2/h1-11,13,15-18H2. The van der Waals surface area contributed by atoms with E-state index in [0.29, 0.717) is 0 Å². The third-order valence-electron chi connectivity index (χ3n) is 3.23. The van der Waals surface area contributed by atoms with E-state index in [1.165, 1.54) is 64.2 Å². The molecule has 0 saturated carbocycles. The molecule has 0 heteroatoms. The van der Waals surface area contributed by atoms with Crippen LogP contribution in [0.15, 0.2) is 0 Å². The second-order valence-corrected chi connectivity index (χ2v) is 5.10. The zero-order chi connectivity index (χ0) is 13.3. The van der Waals surface area contributed by atoms with Crippen LogP contribution in [0.1, 0.15) is 89.9 Å². The highest BCUT2D eigenvalue weighted by Crippen LogP contribution is 2.10. The molecule has 0 saturated heterocycles. The molecule has 104 valence electrons. The second kappa shape index (κ2) is 16.6. The van der Waals surface area contributed by atoms with E-state index in [2.05, 4.69) is 25.7 Å². The van der Waals surface area contributed by atoms with E-state index >= 15 is 0 Å². The molecule has 0 aromatic heterocycles. The third kappa shape index (κ3) is 15.6. The predicted molar refractivity (Wildman–Crippen MR) is 83.1 cm³/mol. The van der Waals surface area contributed by atoms with Gasteiger partial charge in [-0.1, -0.05) is 78.1 Å². The Morgan fingerprint density at radius 1 is 0.444 bits per heavy atom. The van der Waals surface area contributed by atoms with Gasteiger partial charge in [-0.15, -0.1) is 11.8 Å². The molecule has 0 aliphatic rings. The zero-order valence-corrected chi connectivity index (χ0v) is 12.3. The van der Waals surface area contributed by atoms with Gasteiger partial charge in [-0.2, -0.15) is 0 Å². The Balaban J connectivity index is 3.02. The van der Waals surface area contributed by atoms with Crippen molar-refractivity contribution in [3.05, 3.63) is 13.8 Å². The fraction of sp³-hybridized carbons (Fsp3) is 0.778. The Morgan fingerprint density at radius 3 is 1.28 bits per heavy atom. The Bertz CT molecular complexity index is 194. The van der Waals surface area contributed by atoms with Crippen molar-refractivity contribution in [2.24, 2.45) is 0 Å². The van der Waals surface area contributed by atoms with E-state index in [9.17, 15) is 0 Å². The molecule has 0 amide bonds. The average Bonchev–Trinajstić information content (AvgIpc) is 2.39. The van der Waals surface area contributed by atoms with Crippen LogP contribution in [0.25, 0.3) is 0 Å². The Hall–Kier alpha value is -0.440. The molecule has 0 unspecified atom stereocenters. The van der Waals surface area contributed by atoms with Crippen LogP contribution in [-0.2, 0) is 0 Å². The highest BCUT2D eigenvalue weighted by atomic mass is 14.0. The summed E-state index contributed by atoms with van der Waals surface area (Å²) < 4.78 is 0. The van der Waals surface area contributed by atoms with Gasteiger partial charge in [0, 0.05) is 12.8 Å². The van der Waals surface area contributed by atoms with Crippen molar-refractivity contribution in [2.45, 2.75) is 89.9 Å². The first-order valence-corrected chi connectivity index (χ1v) is 7.96. The molecule has 0 aromatic rings. The maximum Gasteiger partial charge on any atom is 0.00886 e. The maximum atomic E-state index is 3.87. The molecule has 0 rings (SSSR count). The van der Waals surface area contributed by atoms with Crippen molar-refractivity contribution >= 4 is 0 Å². The van der Waals surface area contributed by atoms with Gasteiger partial charge in [0.05, 0.1) is 0 Å². The lowest BCUT2D eigenvalue weighted by Gasteiger charge is -2.00. The normalized spacial score (nSPS) is 10.1. The molecule has 0 bridgehead atoms. The smallest absolute Gasteiger partial charge is 0.00886 e. The second-order valence-electron chi connectivity index (χ2n) is 5.10. The van der Waals surface area contributed by atoms with Crippen LogP contribution in [0.2, 0.25) is 0 Å². The van der Waals surface area contributed by atoms with Crippen LogP contribution in [-0.4, -0.2) is 0 Å². The highest BCUT2D eigenvalue weighted by Gasteiger charge is 1.91. The summed E-state index contributed by atoms with van der Waals surface area (Å²) in [7, 11) is 0. The fourth-order valence-corrected chi connectivity index (χ4v) is 2.02. The van der Waals surface area contributed by atoms with Crippen molar-refractivity contribution in [3.8, 4) is 11.8 Å². The van der Waals surface area contributed by atoms with E-state index in [-0.39, 0.29) is 0 Å². The first-order chi connectivity index (χ1) is 8.91. The summed E-state index contributed by atoms with van der Waals surface area (Å²) in [4.78, 5) is 0. The molecule has 0 nitrogen and oxygen atoms in total. The van der Waals surface area contributed by atoms with E-state index in [0.717, 1.165) is 25.7 Å². The predicted octanol–water partition coefficient (Wildman–Crippen LogP) is 6.12. The zero-order valence-electron chi connectivity index (χ0n) is 12.3. The van der Waals surface area contributed by atoms with Crippen molar-refractivity contribution in [2.75, 3.05) is 0 Å². The third-order valence-corrected chi connectivity index (χ3v) is 3.23. The summed E-state index contributed by atoms with van der Waals surface area (Å²) >= 11 is 0. The maximum absolute atomic E-state index is 3.87. The summed E-state index contributed by atoms with van der Waals surface area (Å²) in [6.07, 6.45) is 17.8. The highest BCUT2D eigenvalue weighted by molar-refractivity contribution is 4.98. The lowest BCUT2D eigenvalue weighted by atomic mass is 10.1. The van der Waals surface area contributed by atoms with Crippen molar-refractivity contribution in [3.63, 3.8) is 0 Å².